The van der Waals surface area contributed by atoms with E-state index in [0.29, 0.717) is 13.2 Å². The number of para-hydroxylation sites is 1. The average Bonchev–Trinajstić information content (AvgIpc) is 2.93. The van der Waals surface area contributed by atoms with Crippen LogP contribution in [-0.4, -0.2) is 30.7 Å². The zero-order valence-corrected chi connectivity index (χ0v) is 15.9. The van der Waals surface area contributed by atoms with E-state index >= 15 is 0 Å². The molecule has 0 saturated carbocycles. The van der Waals surface area contributed by atoms with E-state index in [0.717, 1.165) is 31.5 Å². The third-order valence-corrected chi connectivity index (χ3v) is 4.75. The van der Waals surface area contributed by atoms with Gasteiger partial charge in [0.15, 0.2) is 0 Å². The Hall–Kier alpha value is -2.43. The highest BCUT2D eigenvalue weighted by Crippen LogP contribution is 2.17. The summed E-state index contributed by atoms with van der Waals surface area (Å²) in [6.07, 6.45) is 5.27. The number of hydrogen-bond acceptors (Lipinski definition) is 3. The summed E-state index contributed by atoms with van der Waals surface area (Å²) in [6, 6.07) is 20.1. The molecule has 142 valence electrons. The van der Waals surface area contributed by atoms with E-state index in [4.69, 9.17) is 4.84 Å². The molecule has 1 aliphatic heterocycles. The van der Waals surface area contributed by atoms with Gasteiger partial charge >= 0.3 is 0 Å². The molecule has 1 aliphatic rings. The fraction of sp³-hybridized carbons (Fsp3) is 0.348. The maximum Gasteiger partial charge on any atom is 0.228 e. The smallest absolute Gasteiger partial charge is 0.228 e. The molecule has 0 bridgehead atoms. The summed E-state index contributed by atoms with van der Waals surface area (Å²) in [4.78, 5) is 18.3. The van der Waals surface area contributed by atoms with Crippen LogP contribution in [0.1, 0.15) is 25.3 Å². The third kappa shape index (κ3) is 6.35. The number of hydroxylamine groups is 2. The summed E-state index contributed by atoms with van der Waals surface area (Å²) in [5.41, 5.74) is 3.56. The van der Waals surface area contributed by atoms with E-state index in [2.05, 4.69) is 35.7 Å². The topological polar surface area (TPSA) is 41.6 Å². The van der Waals surface area contributed by atoms with Gasteiger partial charge in [0.25, 0.3) is 0 Å². The molecule has 1 N–H and O–H groups in total. The maximum absolute atomic E-state index is 12.5. The van der Waals surface area contributed by atoms with Gasteiger partial charge in [-0.2, -0.15) is 5.06 Å². The van der Waals surface area contributed by atoms with Gasteiger partial charge in [-0.1, -0.05) is 67.1 Å². The first-order valence-electron chi connectivity index (χ1n) is 9.66. The molecule has 0 spiro atoms. The summed E-state index contributed by atoms with van der Waals surface area (Å²) >= 11 is 0. The van der Waals surface area contributed by atoms with Crippen molar-refractivity contribution in [2.45, 2.75) is 26.2 Å². The van der Waals surface area contributed by atoms with Gasteiger partial charge in [-0.05, 0) is 37.0 Å². The summed E-state index contributed by atoms with van der Waals surface area (Å²) in [5, 5.41) is 4.91. The molecule has 1 heterocycles. The lowest BCUT2D eigenvalue weighted by Crippen LogP contribution is -2.35. The molecule has 4 heteroatoms. The Morgan fingerprint density at radius 1 is 1.07 bits per heavy atom. The first kappa shape index (κ1) is 19.3. The molecular formula is C23H28N2O2. The molecule has 0 aliphatic carbocycles. The van der Waals surface area contributed by atoms with Crippen LogP contribution < -0.4 is 5.32 Å². The highest BCUT2D eigenvalue weighted by Gasteiger charge is 2.20. The zero-order valence-electron chi connectivity index (χ0n) is 15.9. The Bertz CT molecular complexity index is 743. The number of benzene rings is 2. The molecule has 2 aromatic carbocycles. The van der Waals surface area contributed by atoms with Gasteiger partial charge in [-0.3, -0.25) is 9.63 Å². The van der Waals surface area contributed by atoms with Gasteiger partial charge < -0.3 is 5.32 Å². The van der Waals surface area contributed by atoms with E-state index in [1.54, 1.807) is 0 Å². The largest absolute Gasteiger partial charge is 0.326 e. The van der Waals surface area contributed by atoms with Crippen molar-refractivity contribution in [3.05, 3.63) is 77.9 Å². The normalized spacial score (nSPS) is 16.3. The molecule has 0 unspecified atom stereocenters. The number of hydrogen-bond donors (Lipinski definition) is 1. The minimum atomic E-state index is -0.154. The number of aryl methyl sites for hydroxylation is 1. The van der Waals surface area contributed by atoms with Crippen LogP contribution in [0, 0.1) is 5.92 Å². The molecule has 0 radical (unpaired) electrons. The standard InChI is InChI=1S/C23H28N2O2/c1-19(23(26)24-22-12-6-3-7-13-22)17-25-18-21(11-8-16-27-25)15-14-20-9-4-2-5-10-20/h2-7,9-13,19H,8,14-18H2,1H3,(H,24,26)/t19-/m0/s1. The van der Waals surface area contributed by atoms with E-state index < -0.39 is 0 Å². The van der Waals surface area contributed by atoms with Crippen LogP contribution in [0.4, 0.5) is 5.69 Å². The van der Waals surface area contributed by atoms with Crippen molar-refractivity contribution >= 4 is 11.6 Å². The lowest BCUT2D eigenvalue weighted by molar-refractivity contribution is -0.159. The molecule has 0 aromatic heterocycles. The first-order valence-corrected chi connectivity index (χ1v) is 9.66. The van der Waals surface area contributed by atoms with Gasteiger partial charge in [-0.15, -0.1) is 0 Å². The number of rotatable bonds is 7. The van der Waals surface area contributed by atoms with Gasteiger partial charge in [0.1, 0.15) is 0 Å². The molecule has 4 nitrogen and oxygen atoms in total. The minimum absolute atomic E-state index is 0.0175. The molecule has 3 rings (SSSR count). The fourth-order valence-electron chi connectivity index (χ4n) is 3.20. The van der Waals surface area contributed by atoms with Crippen molar-refractivity contribution in [3.8, 4) is 0 Å². The quantitative estimate of drug-likeness (QED) is 0.738. The highest BCUT2D eigenvalue weighted by molar-refractivity contribution is 5.92. The number of anilines is 1. The van der Waals surface area contributed by atoms with Crippen LogP contribution in [0.25, 0.3) is 0 Å². The molecule has 0 saturated heterocycles. The van der Waals surface area contributed by atoms with E-state index in [1.807, 2.05) is 48.4 Å². The Morgan fingerprint density at radius 3 is 2.52 bits per heavy atom. The number of nitrogens with zero attached hydrogens (tertiary/aromatic N) is 1. The van der Waals surface area contributed by atoms with E-state index in [9.17, 15) is 4.79 Å². The van der Waals surface area contributed by atoms with Crippen LogP contribution in [-0.2, 0) is 16.1 Å². The van der Waals surface area contributed by atoms with Gasteiger partial charge in [-0.25, -0.2) is 0 Å². The van der Waals surface area contributed by atoms with Crippen molar-refractivity contribution in [1.82, 2.24) is 5.06 Å². The summed E-state index contributed by atoms with van der Waals surface area (Å²) < 4.78 is 0. The van der Waals surface area contributed by atoms with Gasteiger partial charge in [0.2, 0.25) is 5.91 Å². The number of carbonyl (C=O) groups excluding carboxylic acids is 1. The predicted molar refractivity (Wildman–Crippen MR) is 109 cm³/mol. The molecular weight excluding hydrogens is 336 g/mol. The third-order valence-electron chi connectivity index (χ3n) is 4.75. The second-order valence-electron chi connectivity index (χ2n) is 7.05. The van der Waals surface area contributed by atoms with Gasteiger partial charge in [0.05, 0.1) is 12.5 Å². The summed E-state index contributed by atoms with van der Waals surface area (Å²) in [6.45, 7) is 3.96. The number of nitrogens with one attached hydrogen (secondary N) is 1. The van der Waals surface area contributed by atoms with E-state index in [1.165, 1.54) is 11.1 Å². The predicted octanol–water partition coefficient (Wildman–Crippen LogP) is 4.46. The monoisotopic (exact) mass is 364 g/mol. The highest BCUT2D eigenvalue weighted by atomic mass is 16.7. The van der Waals surface area contributed by atoms with Crippen LogP contribution in [0.15, 0.2) is 72.3 Å². The molecule has 2 aromatic rings. The van der Waals surface area contributed by atoms with Crippen LogP contribution >= 0.6 is 0 Å². The second kappa shape index (κ2) is 10.0. The number of carbonyl (C=O) groups is 1. The van der Waals surface area contributed by atoms with Crippen molar-refractivity contribution < 1.29 is 9.63 Å². The minimum Gasteiger partial charge on any atom is -0.326 e. The molecule has 27 heavy (non-hydrogen) atoms. The Labute approximate surface area is 161 Å². The Kier molecular flexibility index (Phi) is 7.19. The van der Waals surface area contributed by atoms with Crippen molar-refractivity contribution in [3.63, 3.8) is 0 Å². The lowest BCUT2D eigenvalue weighted by atomic mass is 10.0. The van der Waals surface area contributed by atoms with Crippen LogP contribution in [0.2, 0.25) is 0 Å². The summed E-state index contributed by atoms with van der Waals surface area (Å²) in [5.74, 6) is -0.137. The van der Waals surface area contributed by atoms with E-state index in [-0.39, 0.29) is 11.8 Å². The van der Waals surface area contributed by atoms with Crippen molar-refractivity contribution in [2.75, 3.05) is 25.0 Å². The average molecular weight is 364 g/mol. The second-order valence-corrected chi connectivity index (χ2v) is 7.05. The zero-order chi connectivity index (χ0) is 18.9. The Morgan fingerprint density at radius 2 is 1.78 bits per heavy atom. The molecule has 0 fully saturated rings. The van der Waals surface area contributed by atoms with Crippen molar-refractivity contribution in [2.24, 2.45) is 5.92 Å². The van der Waals surface area contributed by atoms with Crippen LogP contribution in [0.5, 0.6) is 0 Å². The lowest BCUT2D eigenvalue weighted by Gasteiger charge is -2.24. The summed E-state index contributed by atoms with van der Waals surface area (Å²) in [7, 11) is 0. The molecule has 1 amide bonds. The first-order chi connectivity index (χ1) is 13.2. The van der Waals surface area contributed by atoms with Gasteiger partial charge in [0, 0.05) is 18.8 Å². The SMILES string of the molecule is C[C@@H](CN1CC(CCc2ccccc2)=CCCO1)C(=O)Nc1ccccc1. The molecule has 1 atom stereocenters. The van der Waals surface area contributed by atoms with Crippen molar-refractivity contribution in [1.29, 1.82) is 0 Å². The Balaban J connectivity index is 1.50. The van der Waals surface area contributed by atoms with Crippen LogP contribution in [0.3, 0.4) is 0 Å². The fourth-order valence-corrected chi connectivity index (χ4v) is 3.20. The number of amides is 1. The maximum atomic E-state index is 12.5.